The number of nitrogens with zero attached hydrogens (tertiary/aromatic N) is 1. The second-order valence-corrected chi connectivity index (χ2v) is 5.23. The van der Waals surface area contributed by atoms with Gasteiger partial charge >= 0.3 is 0 Å². The van der Waals surface area contributed by atoms with E-state index < -0.39 is 0 Å². The van der Waals surface area contributed by atoms with E-state index >= 15 is 0 Å². The van der Waals surface area contributed by atoms with Crippen LogP contribution in [0.3, 0.4) is 0 Å². The number of hydrogen-bond donors (Lipinski definition) is 2. The Hall–Kier alpha value is -2.17. The molecule has 4 rings (SSSR count). The van der Waals surface area contributed by atoms with Crippen LogP contribution in [-0.2, 0) is 4.79 Å². The monoisotopic (exact) mass is 275 g/mol. The van der Waals surface area contributed by atoms with Gasteiger partial charge in [0.1, 0.15) is 17.2 Å². The fourth-order valence-corrected chi connectivity index (χ4v) is 2.91. The van der Waals surface area contributed by atoms with Gasteiger partial charge in [-0.3, -0.25) is 4.79 Å². The van der Waals surface area contributed by atoms with Gasteiger partial charge in [0.15, 0.2) is 5.78 Å². The van der Waals surface area contributed by atoms with E-state index in [4.69, 9.17) is 4.74 Å². The van der Waals surface area contributed by atoms with Gasteiger partial charge in [-0.2, -0.15) is 0 Å². The molecule has 2 N–H and O–H groups in total. The molecule has 0 aliphatic carbocycles. The van der Waals surface area contributed by atoms with E-state index in [0.29, 0.717) is 11.4 Å². The van der Waals surface area contributed by atoms with Gasteiger partial charge in [-0.05, 0) is 18.9 Å². The van der Waals surface area contributed by atoms with Crippen LogP contribution in [0.4, 0.5) is 0 Å². The van der Waals surface area contributed by atoms with Gasteiger partial charge in [-0.25, -0.2) is 0 Å². The summed E-state index contributed by atoms with van der Waals surface area (Å²) >= 11 is 0. The number of Topliss-reactive ketones (excluding diaryl/α,β-unsaturated/α-hetero) is 1. The third-order valence-electron chi connectivity index (χ3n) is 4.09. The van der Waals surface area contributed by atoms with Gasteiger partial charge in [0, 0.05) is 31.1 Å². The van der Waals surface area contributed by atoms with E-state index in [-0.39, 0.29) is 28.8 Å². The SMILES string of the molecule is COc1cc(O)c(/C=C2\C(=O)C3CCN2CC3)c(O)c1. The molecule has 2 bridgehead atoms. The summed E-state index contributed by atoms with van der Waals surface area (Å²) in [7, 11) is 1.46. The number of aromatic hydroxyl groups is 2. The van der Waals surface area contributed by atoms with Crippen LogP contribution < -0.4 is 4.74 Å². The molecule has 20 heavy (non-hydrogen) atoms. The summed E-state index contributed by atoms with van der Waals surface area (Å²) in [6, 6.07) is 2.85. The number of phenols is 2. The Morgan fingerprint density at radius 1 is 1.25 bits per heavy atom. The van der Waals surface area contributed by atoms with E-state index in [0.717, 1.165) is 25.9 Å². The van der Waals surface area contributed by atoms with Gasteiger partial charge in [0.2, 0.25) is 0 Å². The van der Waals surface area contributed by atoms with Crippen molar-refractivity contribution in [3.63, 3.8) is 0 Å². The minimum atomic E-state index is -0.0928. The quantitative estimate of drug-likeness (QED) is 0.805. The summed E-state index contributed by atoms with van der Waals surface area (Å²) in [5, 5.41) is 20.0. The van der Waals surface area contributed by atoms with Crippen molar-refractivity contribution in [2.45, 2.75) is 12.8 Å². The summed E-state index contributed by atoms with van der Waals surface area (Å²) < 4.78 is 4.97. The van der Waals surface area contributed by atoms with E-state index in [1.807, 2.05) is 4.90 Å². The highest BCUT2D eigenvalue weighted by Gasteiger charge is 2.36. The molecule has 3 aliphatic heterocycles. The van der Waals surface area contributed by atoms with Crippen molar-refractivity contribution >= 4 is 11.9 Å². The molecule has 3 saturated heterocycles. The summed E-state index contributed by atoms with van der Waals surface area (Å²) in [5.41, 5.74) is 0.852. The van der Waals surface area contributed by atoms with Crippen molar-refractivity contribution in [1.29, 1.82) is 0 Å². The third-order valence-corrected chi connectivity index (χ3v) is 4.09. The fraction of sp³-hybridized carbons (Fsp3) is 0.400. The summed E-state index contributed by atoms with van der Waals surface area (Å²) in [4.78, 5) is 14.3. The van der Waals surface area contributed by atoms with Crippen LogP contribution in [0.15, 0.2) is 17.8 Å². The Morgan fingerprint density at radius 3 is 2.35 bits per heavy atom. The summed E-state index contributed by atoms with van der Waals surface area (Å²) in [6.45, 7) is 1.72. The van der Waals surface area contributed by atoms with Gasteiger partial charge in [0.25, 0.3) is 0 Å². The van der Waals surface area contributed by atoms with Gasteiger partial charge in [-0.15, -0.1) is 0 Å². The highest BCUT2D eigenvalue weighted by Crippen LogP contribution is 2.37. The lowest BCUT2D eigenvalue weighted by Crippen LogP contribution is -2.45. The molecule has 3 heterocycles. The first-order chi connectivity index (χ1) is 9.60. The Bertz CT molecular complexity index is 563. The summed E-state index contributed by atoms with van der Waals surface area (Å²) in [6.07, 6.45) is 3.38. The lowest BCUT2D eigenvalue weighted by Gasteiger charge is -2.41. The van der Waals surface area contributed by atoms with Gasteiger partial charge < -0.3 is 19.8 Å². The molecule has 5 nitrogen and oxygen atoms in total. The predicted molar refractivity (Wildman–Crippen MR) is 73.6 cm³/mol. The van der Waals surface area contributed by atoms with Crippen LogP contribution in [0.2, 0.25) is 0 Å². The fourth-order valence-electron chi connectivity index (χ4n) is 2.91. The maximum Gasteiger partial charge on any atom is 0.182 e. The number of benzene rings is 1. The van der Waals surface area contributed by atoms with Crippen LogP contribution in [0.5, 0.6) is 17.2 Å². The molecule has 0 atom stereocenters. The Morgan fingerprint density at radius 2 is 1.85 bits per heavy atom. The molecular formula is C15H17NO4. The molecule has 0 radical (unpaired) electrons. The number of piperidine rings is 3. The standard InChI is InChI=1S/C15H17NO4/c1-20-10-6-13(17)11(14(18)7-10)8-12-15(19)9-2-4-16(12)5-3-9/h6-9,17-18H,2-5H2,1H3/b12-8+. The second-order valence-electron chi connectivity index (χ2n) is 5.23. The lowest BCUT2D eigenvalue weighted by atomic mass is 9.84. The molecule has 0 spiro atoms. The first-order valence-electron chi connectivity index (χ1n) is 6.71. The minimum absolute atomic E-state index is 0.0915. The molecule has 106 valence electrons. The van der Waals surface area contributed by atoms with E-state index in [1.165, 1.54) is 19.2 Å². The maximum atomic E-state index is 12.2. The van der Waals surface area contributed by atoms with Crippen molar-refractivity contribution in [3.05, 3.63) is 23.4 Å². The highest BCUT2D eigenvalue weighted by molar-refractivity contribution is 6.02. The zero-order valence-electron chi connectivity index (χ0n) is 11.3. The third kappa shape index (κ3) is 1.99. The molecule has 1 aromatic rings. The number of carbonyl (C=O) groups is 1. The van der Waals surface area contributed by atoms with Crippen LogP contribution in [-0.4, -0.2) is 41.1 Å². The van der Waals surface area contributed by atoms with Crippen LogP contribution in [0.1, 0.15) is 18.4 Å². The normalized spacial score (nSPS) is 20.8. The van der Waals surface area contributed by atoms with E-state index in [1.54, 1.807) is 6.08 Å². The Kier molecular flexibility index (Phi) is 3.04. The van der Waals surface area contributed by atoms with Crippen LogP contribution in [0, 0.1) is 5.92 Å². The van der Waals surface area contributed by atoms with Crippen LogP contribution >= 0.6 is 0 Å². The van der Waals surface area contributed by atoms with Gasteiger partial charge in [0.05, 0.1) is 18.4 Å². The number of carbonyl (C=O) groups excluding carboxylic acids is 1. The zero-order valence-corrected chi connectivity index (χ0v) is 11.3. The summed E-state index contributed by atoms with van der Waals surface area (Å²) in [5.74, 6) is 0.388. The van der Waals surface area contributed by atoms with E-state index in [2.05, 4.69) is 0 Å². The molecule has 3 aliphatic rings. The second kappa shape index (κ2) is 4.74. The van der Waals surface area contributed by atoms with Crippen molar-refractivity contribution in [1.82, 2.24) is 4.90 Å². The molecule has 5 heteroatoms. The van der Waals surface area contributed by atoms with Crippen molar-refractivity contribution in [2.75, 3.05) is 20.2 Å². The molecule has 3 fully saturated rings. The Labute approximate surface area is 117 Å². The van der Waals surface area contributed by atoms with Crippen molar-refractivity contribution < 1.29 is 19.7 Å². The molecule has 0 saturated carbocycles. The van der Waals surface area contributed by atoms with Crippen molar-refractivity contribution in [2.24, 2.45) is 5.92 Å². The molecule has 0 aromatic heterocycles. The number of fused-ring (bicyclic) bond motifs is 3. The largest absolute Gasteiger partial charge is 0.507 e. The van der Waals surface area contributed by atoms with Gasteiger partial charge in [-0.1, -0.05) is 0 Å². The number of phenolic OH excluding ortho intramolecular Hbond substituents is 2. The first-order valence-corrected chi connectivity index (χ1v) is 6.71. The smallest absolute Gasteiger partial charge is 0.182 e. The topological polar surface area (TPSA) is 70.0 Å². The number of methoxy groups -OCH3 is 1. The minimum Gasteiger partial charge on any atom is -0.507 e. The van der Waals surface area contributed by atoms with Crippen molar-refractivity contribution in [3.8, 4) is 17.2 Å². The lowest BCUT2D eigenvalue weighted by molar-refractivity contribution is -0.125. The molecule has 1 aromatic carbocycles. The zero-order chi connectivity index (χ0) is 14.3. The van der Waals surface area contributed by atoms with E-state index in [9.17, 15) is 15.0 Å². The number of allylic oxidation sites excluding steroid dienone is 1. The first kappa shape index (κ1) is 12.8. The maximum absolute atomic E-state index is 12.2. The number of ketones is 1. The average Bonchev–Trinajstić information content (AvgIpc) is 2.45. The molecule has 0 unspecified atom stereocenters. The number of hydrogen-bond acceptors (Lipinski definition) is 5. The molecular weight excluding hydrogens is 258 g/mol. The number of ether oxygens (including phenoxy) is 1. The number of rotatable bonds is 2. The molecule has 0 amide bonds. The Balaban J connectivity index is 2.02. The predicted octanol–water partition coefficient (Wildman–Crippen LogP) is 1.74. The highest BCUT2D eigenvalue weighted by atomic mass is 16.5. The van der Waals surface area contributed by atoms with Crippen LogP contribution in [0.25, 0.3) is 6.08 Å². The average molecular weight is 275 g/mol.